The van der Waals surface area contributed by atoms with Gasteiger partial charge in [0.25, 0.3) is 0 Å². The summed E-state index contributed by atoms with van der Waals surface area (Å²) in [5, 5.41) is 3.51. The van der Waals surface area contributed by atoms with E-state index in [1.807, 2.05) is 6.07 Å². The highest BCUT2D eigenvalue weighted by molar-refractivity contribution is 14.0. The van der Waals surface area contributed by atoms with Gasteiger partial charge in [-0.1, -0.05) is 30.3 Å². The van der Waals surface area contributed by atoms with Crippen LogP contribution >= 0.6 is 24.0 Å². The molecule has 4 rings (SSSR count). The van der Waals surface area contributed by atoms with Crippen LogP contribution in [0.3, 0.4) is 0 Å². The quantitative estimate of drug-likeness (QED) is 0.360. The molecule has 3 heterocycles. The third-order valence-electron chi connectivity index (χ3n) is 6.12. The Morgan fingerprint density at radius 2 is 1.71 bits per heavy atom. The SMILES string of the molecule is CCNC(=NCC1(c2ccccc2)CCOCC1)N1CCN(c2ncccn2)CC1.I. The predicted octanol–water partition coefficient (Wildman–Crippen LogP) is 2.93. The number of guanidine groups is 1. The van der Waals surface area contributed by atoms with Crippen LogP contribution in [0.5, 0.6) is 0 Å². The monoisotopic (exact) mass is 536 g/mol. The number of aromatic nitrogens is 2. The first-order valence-corrected chi connectivity index (χ1v) is 11.0. The Bertz CT molecular complexity index is 805. The Morgan fingerprint density at radius 1 is 1.03 bits per heavy atom. The average Bonchev–Trinajstić information content (AvgIpc) is 2.84. The van der Waals surface area contributed by atoms with Crippen LogP contribution in [-0.2, 0) is 10.2 Å². The van der Waals surface area contributed by atoms with Gasteiger partial charge in [0.1, 0.15) is 0 Å². The van der Waals surface area contributed by atoms with Crippen LogP contribution in [0.2, 0.25) is 0 Å². The molecule has 1 aromatic carbocycles. The largest absolute Gasteiger partial charge is 0.381 e. The molecule has 31 heavy (non-hydrogen) atoms. The number of hydrogen-bond donors (Lipinski definition) is 1. The van der Waals surface area contributed by atoms with Crippen molar-refractivity contribution in [3.63, 3.8) is 0 Å². The van der Waals surface area contributed by atoms with Crippen LogP contribution in [0.4, 0.5) is 5.95 Å². The first-order chi connectivity index (χ1) is 14.8. The minimum atomic E-state index is 0. The van der Waals surface area contributed by atoms with Gasteiger partial charge in [-0.2, -0.15) is 0 Å². The smallest absolute Gasteiger partial charge is 0.225 e. The van der Waals surface area contributed by atoms with E-state index in [2.05, 4.69) is 62.3 Å². The van der Waals surface area contributed by atoms with Gasteiger partial charge in [0.2, 0.25) is 5.95 Å². The molecule has 0 bridgehead atoms. The molecule has 0 atom stereocenters. The number of benzene rings is 1. The lowest BCUT2D eigenvalue weighted by atomic mass is 9.74. The summed E-state index contributed by atoms with van der Waals surface area (Å²) >= 11 is 0. The average molecular weight is 536 g/mol. The number of nitrogens with zero attached hydrogens (tertiary/aromatic N) is 5. The zero-order valence-electron chi connectivity index (χ0n) is 18.2. The van der Waals surface area contributed by atoms with E-state index in [9.17, 15) is 0 Å². The van der Waals surface area contributed by atoms with E-state index in [1.165, 1.54) is 5.56 Å². The second-order valence-electron chi connectivity index (χ2n) is 7.95. The minimum Gasteiger partial charge on any atom is -0.381 e. The van der Waals surface area contributed by atoms with Crippen molar-refractivity contribution < 1.29 is 4.74 Å². The minimum absolute atomic E-state index is 0. The van der Waals surface area contributed by atoms with Gasteiger partial charge in [-0.25, -0.2) is 9.97 Å². The van der Waals surface area contributed by atoms with Gasteiger partial charge in [-0.05, 0) is 31.4 Å². The van der Waals surface area contributed by atoms with Crippen LogP contribution in [0.1, 0.15) is 25.3 Å². The van der Waals surface area contributed by atoms with Gasteiger partial charge in [0, 0.05) is 63.7 Å². The Balaban J connectivity index is 0.00000272. The highest BCUT2D eigenvalue weighted by Gasteiger charge is 2.34. The molecule has 168 valence electrons. The van der Waals surface area contributed by atoms with Crippen molar-refractivity contribution in [1.29, 1.82) is 0 Å². The Labute approximate surface area is 202 Å². The first kappa shape index (κ1) is 23.7. The number of anilines is 1. The highest BCUT2D eigenvalue weighted by atomic mass is 127. The molecule has 8 heteroatoms. The third kappa shape index (κ3) is 5.85. The maximum absolute atomic E-state index is 5.68. The molecule has 1 aromatic heterocycles. The summed E-state index contributed by atoms with van der Waals surface area (Å²) in [4.78, 5) is 18.5. The molecule has 0 saturated carbocycles. The van der Waals surface area contributed by atoms with Crippen molar-refractivity contribution in [1.82, 2.24) is 20.2 Å². The number of ether oxygens (including phenoxy) is 1. The molecule has 2 aliphatic heterocycles. The molecule has 0 spiro atoms. The second-order valence-corrected chi connectivity index (χ2v) is 7.95. The molecular formula is C23H33IN6O. The molecule has 0 unspecified atom stereocenters. The molecule has 0 aliphatic carbocycles. The van der Waals surface area contributed by atoms with E-state index >= 15 is 0 Å². The maximum Gasteiger partial charge on any atom is 0.225 e. The van der Waals surface area contributed by atoms with Gasteiger partial charge in [0.15, 0.2) is 5.96 Å². The number of nitrogens with one attached hydrogen (secondary N) is 1. The molecule has 2 saturated heterocycles. The van der Waals surface area contributed by atoms with Crippen LogP contribution in [0, 0.1) is 0 Å². The maximum atomic E-state index is 5.68. The number of rotatable bonds is 5. The summed E-state index contributed by atoms with van der Waals surface area (Å²) in [5.41, 5.74) is 1.43. The van der Waals surface area contributed by atoms with Crippen molar-refractivity contribution >= 4 is 35.9 Å². The van der Waals surface area contributed by atoms with Gasteiger partial charge >= 0.3 is 0 Å². The van der Waals surface area contributed by atoms with Gasteiger partial charge in [-0.3, -0.25) is 4.99 Å². The van der Waals surface area contributed by atoms with E-state index in [1.54, 1.807) is 12.4 Å². The van der Waals surface area contributed by atoms with Crippen molar-refractivity contribution in [3.05, 3.63) is 54.4 Å². The fourth-order valence-corrected chi connectivity index (χ4v) is 4.32. The molecule has 0 amide bonds. The van der Waals surface area contributed by atoms with E-state index in [4.69, 9.17) is 9.73 Å². The molecule has 0 radical (unpaired) electrons. The summed E-state index contributed by atoms with van der Waals surface area (Å²) in [6, 6.07) is 12.7. The van der Waals surface area contributed by atoms with Gasteiger partial charge < -0.3 is 19.9 Å². The standard InChI is InChI=1S/C23H32N6O.HI/c1-2-24-21(28-13-15-29(16-14-28)22-25-11-6-12-26-22)27-19-23(9-17-30-18-10-23)20-7-4-3-5-8-20;/h3-8,11-12H,2,9-10,13-19H2,1H3,(H,24,27);1H. The van der Waals surface area contributed by atoms with Crippen LogP contribution in [-0.4, -0.2) is 73.3 Å². The van der Waals surface area contributed by atoms with Crippen LogP contribution in [0.15, 0.2) is 53.8 Å². The Hall–Kier alpha value is -1.94. The summed E-state index contributed by atoms with van der Waals surface area (Å²) in [6.45, 7) is 8.99. The van der Waals surface area contributed by atoms with Gasteiger partial charge in [-0.15, -0.1) is 24.0 Å². The van der Waals surface area contributed by atoms with Crippen molar-refractivity contribution in [2.24, 2.45) is 4.99 Å². The van der Waals surface area contributed by atoms with Crippen molar-refractivity contribution in [2.45, 2.75) is 25.2 Å². The molecule has 7 nitrogen and oxygen atoms in total. The molecule has 2 fully saturated rings. The van der Waals surface area contributed by atoms with E-state index < -0.39 is 0 Å². The lowest BCUT2D eigenvalue weighted by Crippen LogP contribution is -2.53. The van der Waals surface area contributed by atoms with Crippen molar-refractivity contribution in [2.75, 3.05) is 57.4 Å². The Kier molecular flexibility index (Phi) is 8.89. The second kappa shape index (κ2) is 11.6. The fraction of sp³-hybridized carbons (Fsp3) is 0.522. The van der Waals surface area contributed by atoms with Crippen molar-refractivity contribution in [3.8, 4) is 0 Å². The van der Waals surface area contributed by atoms with E-state index in [-0.39, 0.29) is 29.4 Å². The van der Waals surface area contributed by atoms with Crippen LogP contribution < -0.4 is 10.2 Å². The molecule has 2 aliphatic rings. The normalized spacial score (nSPS) is 18.9. The number of piperazine rings is 1. The van der Waals surface area contributed by atoms with E-state index in [0.29, 0.717) is 0 Å². The highest BCUT2D eigenvalue weighted by Crippen LogP contribution is 2.35. The molecule has 2 aromatic rings. The molecule has 1 N–H and O–H groups in total. The topological polar surface area (TPSA) is 65.9 Å². The van der Waals surface area contributed by atoms with Gasteiger partial charge in [0.05, 0.1) is 6.54 Å². The zero-order chi connectivity index (χ0) is 20.7. The van der Waals surface area contributed by atoms with E-state index in [0.717, 1.165) is 77.2 Å². The Morgan fingerprint density at radius 3 is 2.35 bits per heavy atom. The lowest BCUT2D eigenvalue weighted by Gasteiger charge is -2.39. The number of halogens is 1. The zero-order valence-corrected chi connectivity index (χ0v) is 20.6. The predicted molar refractivity (Wildman–Crippen MR) is 135 cm³/mol. The number of hydrogen-bond acceptors (Lipinski definition) is 5. The van der Waals surface area contributed by atoms with Crippen LogP contribution in [0.25, 0.3) is 0 Å². The fourth-order valence-electron chi connectivity index (χ4n) is 4.32. The lowest BCUT2D eigenvalue weighted by molar-refractivity contribution is 0.0530. The summed E-state index contributed by atoms with van der Waals surface area (Å²) in [7, 11) is 0. The molecular weight excluding hydrogens is 503 g/mol. The first-order valence-electron chi connectivity index (χ1n) is 11.0. The summed E-state index contributed by atoms with van der Waals surface area (Å²) in [5.74, 6) is 1.82. The summed E-state index contributed by atoms with van der Waals surface area (Å²) < 4.78 is 5.68. The summed E-state index contributed by atoms with van der Waals surface area (Å²) in [6.07, 6.45) is 5.63. The third-order valence-corrected chi connectivity index (χ3v) is 6.12. The number of aliphatic imine (C=N–C) groups is 1.